The average molecular weight is 320 g/mol. The summed E-state index contributed by atoms with van der Waals surface area (Å²) in [5.41, 5.74) is 4.62. The number of methoxy groups -OCH3 is 1. The first-order valence-electron chi connectivity index (χ1n) is 7.46. The number of pyridine rings is 2. The molecule has 0 spiro atoms. The van der Waals surface area contributed by atoms with E-state index in [2.05, 4.69) is 20.5 Å². The molecule has 4 aromatic rings. The molecule has 0 amide bonds. The summed E-state index contributed by atoms with van der Waals surface area (Å²) in [6, 6.07) is 5.82. The number of nitrogens with one attached hydrogen (secondary N) is 1. The van der Waals surface area contributed by atoms with E-state index in [1.165, 1.54) is 0 Å². The van der Waals surface area contributed by atoms with Gasteiger partial charge in [-0.25, -0.2) is 4.52 Å². The number of aromatic nitrogens is 5. The zero-order chi connectivity index (χ0) is 16.5. The highest BCUT2D eigenvalue weighted by Crippen LogP contribution is 2.33. The Morgan fingerprint density at radius 1 is 1.08 bits per heavy atom. The molecule has 7 nitrogen and oxygen atoms in total. The van der Waals surface area contributed by atoms with Crippen molar-refractivity contribution in [2.24, 2.45) is 7.05 Å². The van der Waals surface area contributed by atoms with Gasteiger partial charge in [0.05, 0.1) is 37.1 Å². The van der Waals surface area contributed by atoms with Gasteiger partial charge in [0.15, 0.2) is 0 Å². The van der Waals surface area contributed by atoms with E-state index in [0.29, 0.717) is 0 Å². The molecule has 0 aliphatic rings. The second-order valence-corrected chi connectivity index (χ2v) is 5.42. The van der Waals surface area contributed by atoms with E-state index in [1.54, 1.807) is 34.9 Å². The maximum Gasteiger partial charge on any atom is 0.147 e. The van der Waals surface area contributed by atoms with Crippen molar-refractivity contribution in [3.63, 3.8) is 0 Å². The molecule has 4 aromatic heterocycles. The van der Waals surface area contributed by atoms with Gasteiger partial charge in [0, 0.05) is 36.8 Å². The summed E-state index contributed by atoms with van der Waals surface area (Å²) in [5, 5.41) is 12.0. The second-order valence-electron chi connectivity index (χ2n) is 5.42. The lowest BCUT2D eigenvalue weighted by Gasteiger charge is -2.09. The molecule has 0 saturated carbocycles. The van der Waals surface area contributed by atoms with Gasteiger partial charge in [0.1, 0.15) is 11.3 Å². The van der Waals surface area contributed by atoms with E-state index < -0.39 is 0 Å². The molecule has 0 bridgehead atoms. The fourth-order valence-corrected chi connectivity index (χ4v) is 2.65. The number of hydrogen-bond acceptors (Lipinski definition) is 5. The highest BCUT2D eigenvalue weighted by molar-refractivity contribution is 5.84. The third-order valence-corrected chi connectivity index (χ3v) is 3.78. The minimum absolute atomic E-state index is 0.736. The van der Waals surface area contributed by atoms with Crippen LogP contribution in [0, 0.1) is 0 Å². The van der Waals surface area contributed by atoms with Crippen LogP contribution in [0.25, 0.3) is 16.6 Å². The SMILES string of the molecule is COc1cc(-c2cnn(C)c2)cn2ncc(Nc3cccnc3)c12. The zero-order valence-electron chi connectivity index (χ0n) is 13.3. The van der Waals surface area contributed by atoms with Gasteiger partial charge in [-0.1, -0.05) is 0 Å². The first-order chi connectivity index (χ1) is 11.7. The zero-order valence-corrected chi connectivity index (χ0v) is 13.3. The standard InChI is InChI=1S/C17H16N6O/c1-22-10-13(7-19-22)12-6-16(24-2)17-15(9-20-23(17)11-12)21-14-4-3-5-18-8-14/h3-11,21H,1-2H3. The van der Waals surface area contributed by atoms with Crippen LogP contribution in [0.3, 0.4) is 0 Å². The molecule has 7 heteroatoms. The summed E-state index contributed by atoms with van der Waals surface area (Å²) in [4.78, 5) is 4.11. The van der Waals surface area contributed by atoms with Crippen molar-refractivity contribution in [1.29, 1.82) is 0 Å². The van der Waals surface area contributed by atoms with Crippen LogP contribution in [-0.2, 0) is 7.05 Å². The molecule has 24 heavy (non-hydrogen) atoms. The van der Waals surface area contributed by atoms with Crippen LogP contribution < -0.4 is 10.1 Å². The Kier molecular flexibility index (Phi) is 3.38. The van der Waals surface area contributed by atoms with Crippen molar-refractivity contribution in [1.82, 2.24) is 24.4 Å². The van der Waals surface area contributed by atoms with Gasteiger partial charge in [0.2, 0.25) is 0 Å². The number of anilines is 2. The molecule has 0 radical (unpaired) electrons. The van der Waals surface area contributed by atoms with E-state index in [4.69, 9.17) is 4.74 Å². The number of hydrogen-bond donors (Lipinski definition) is 1. The summed E-state index contributed by atoms with van der Waals surface area (Å²) in [6.45, 7) is 0. The summed E-state index contributed by atoms with van der Waals surface area (Å²) >= 11 is 0. The van der Waals surface area contributed by atoms with Gasteiger partial charge >= 0.3 is 0 Å². The third-order valence-electron chi connectivity index (χ3n) is 3.78. The maximum absolute atomic E-state index is 5.59. The van der Waals surface area contributed by atoms with Gasteiger partial charge in [0.25, 0.3) is 0 Å². The summed E-state index contributed by atoms with van der Waals surface area (Å²) < 4.78 is 9.16. The van der Waals surface area contributed by atoms with Gasteiger partial charge in [-0.15, -0.1) is 0 Å². The highest BCUT2D eigenvalue weighted by Gasteiger charge is 2.13. The Hall–Kier alpha value is -3.35. The molecule has 0 aromatic carbocycles. The molecule has 0 aliphatic carbocycles. The Morgan fingerprint density at radius 3 is 2.71 bits per heavy atom. The molecule has 0 aliphatic heterocycles. The van der Waals surface area contributed by atoms with Gasteiger partial charge < -0.3 is 10.1 Å². The van der Waals surface area contributed by atoms with Gasteiger partial charge in [-0.2, -0.15) is 10.2 Å². The summed E-state index contributed by atoms with van der Waals surface area (Å²) in [5.74, 6) is 0.736. The third kappa shape index (κ3) is 2.45. The van der Waals surface area contributed by atoms with Crippen molar-refractivity contribution in [2.45, 2.75) is 0 Å². The Bertz CT molecular complexity index is 989. The quantitative estimate of drug-likeness (QED) is 0.626. The van der Waals surface area contributed by atoms with Crippen LogP contribution >= 0.6 is 0 Å². The first kappa shape index (κ1) is 14.3. The lowest BCUT2D eigenvalue weighted by molar-refractivity contribution is 0.418. The molecule has 0 unspecified atom stereocenters. The van der Waals surface area contributed by atoms with Crippen molar-refractivity contribution < 1.29 is 4.74 Å². The monoisotopic (exact) mass is 320 g/mol. The Morgan fingerprint density at radius 2 is 2.00 bits per heavy atom. The number of fused-ring (bicyclic) bond motifs is 1. The van der Waals surface area contributed by atoms with Crippen molar-refractivity contribution in [3.05, 3.63) is 55.4 Å². The number of rotatable bonds is 4. The van der Waals surface area contributed by atoms with E-state index in [9.17, 15) is 0 Å². The summed E-state index contributed by atoms with van der Waals surface area (Å²) in [6.07, 6.45) is 11.0. The fourth-order valence-electron chi connectivity index (χ4n) is 2.65. The van der Waals surface area contributed by atoms with Crippen molar-refractivity contribution in [2.75, 3.05) is 12.4 Å². The summed E-state index contributed by atoms with van der Waals surface area (Å²) in [7, 11) is 3.55. The normalized spacial score (nSPS) is 10.9. The maximum atomic E-state index is 5.59. The van der Waals surface area contributed by atoms with Crippen LogP contribution in [0.15, 0.2) is 55.4 Å². The number of ether oxygens (including phenoxy) is 1. The molecule has 4 heterocycles. The molecule has 1 N–H and O–H groups in total. The van der Waals surface area contributed by atoms with Crippen LogP contribution in [-0.4, -0.2) is 31.5 Å². The molecular formula is C17H16N6O. The largest absolute Gasteiger partial charge is 0.494 e. The van der Waals surface area contributed by atoms with Crippen LogP contribution in [0.2, 0.25) is 0 Å². The van der Waals surface area contributed by atoms with E-state index >= 15 is 0 Å². The van der Waals surface area contributed by atoms with Crippen LogP contribution in [0.4, 0.5) is 11.4 Å². The molecule has 0 fully saturated rings. The van der Waals surface area contributed by atoms with Crippen molar-refractivity contribution in [3.8, 4) is 16.9 Å². The van der Waals surface area contributed by atoms with Crippen LogP contribution in [0.1, 0.15) is 0 Å². The minimum atomic E-state index is 0.736. The van der Waals surface area contributed by atoms with Gasteiger partial charge in [-0.05, 0) is 18.2 Å². The molecule has 120 valence electrons. The van der Waals surface area contributed by atoms with E-state index in [1.807, 2.05) is 43.8 Å². The lowest BCUT2D eigenvalue weighted by Crippen LogP contribution is -1.96. The first-order valence-corrected chi connectivity index (χ1v) is 7.46. The molecule has 4 rings (SSSR count). The predicted octanol–water partition coefficient (Wildman–Crippen LogP) is 2.88. The second kappa shape index (κ2) is 5.69. The lowest BCUT2D eigenvalue weighted by atomic mass is 10.1. The van der Waals surface area contributed by atoms with E-state index in [-0.39, 0.29) is 0 Å². The fraction of sp³-hybridized carbons (Fsp3) is 0.118. The Labute approximate surface area is 138 Å². The minimum Gasteiger partial charge on any atom is -0.494 e. The average Bonchev–Trinajstić information content (AvgIpc) is 3.22. The highest BCUT2D eigenvalue weighted by atomic mass is 16.5. The van der Waals surface area contributed by atoms with Crippen molar-refractivity contribution >= 4 is 16.9 Å². The molecular weight excluding hydrogens is 304 g/mol. The molecule has 0 atom stereocenters. The van der Waals surface area contributed by atoms with E-state index in [0.717, 1.165) is 33.8 Å². The smallest absolute Gasteiger partial charge is 0.147 e. The molecule has 0 saturated heterocycles. The predicted molar refractivity (Wildman–Crippen MR) is 91.5 cm³/mol. The number of nitrogens with zero attached hydrogens (tertiary/aromatic N) is 5. The van der Waals surface area contributed by atoms with Crippen LogP contribution in [0.5, 0.6) is 5.75 Å². The topological polar surface area (TPSA) is 69.3 Å². The number of aryl methyl sites for hydroxylation is 1. The van der Waals surface area contributed by atoms with Gasteiger partial charge in [-0.3, -0.25) is 9.67 Å². The Balaban J connectivity index is 1.81.